The fourth-order valence-corrected chi connectivity index (χ4v) is 1.06. The molecule has 0 bridgehead atoms. The van der Waals surface area contributed by atoms with Gasteiger partial charge in [-0.2, -0.15) is 0 Å². The molecule has 0 aliphatic heterocycles. The summed E-state index contributed by atoms with van der Waals surface area (Å²) >= 11 is 0. The molecule has 0 aromatic carbocycles. The highest BCUT2D eigenvalue weighted by atomic mass is 16.5. The van der Waals surface area contributed by atoms with E-state index in [9.17, 15) is 0 Å². The molecule has 0 rings (SSSR count). The molecule has 124 valence electrons. The molecule has 0 amide bonds. The highest BCUT2D eigenvalue weighted by Gasteiger charge is 1.89. The second-order valence-corrected chi connectivity index (χ2v) is 3.90. The highest BCUT2D eigenvalue weighted by Crippen LogP contribution is 1.84. The largest absolute Gasteiger partial charge is 0.394 e. The second kappa shape index (κ2) is 23.8. The Morgan fingerprint density at radius 1 is 0.500 bits per heavy atom. The molecular formula is C14H32O6. The van der Waals surface area contributed by atoms with E-state index in [4.69, 9.17) is 24.4 Å². The highest BCUT2D eigenvalue weighted by molar-refractivity contribution is 4.33. The molecule has 20 heavy (non-hydrogen) atoms. The summed E-state index contributed by atoms with van der Waals surface area (Å²) < 4.78 is 20.4. The topological polar surface area (TPSA) is 77.4 Å². The molecule has 2 N–H and O–H groups in total. The summed E-state index contributed by atoms with van der Waals surface area (Å²) in [5, 5.41) is 16.2. The Hall–Kier alpha value is -0.240. The number of rotatable bonds is 14. The van der Waals surface area contributed by atoms with Gasteiger partial charge in [0.15, 0.2) is 0 Å². The predicted molar refractivity (Wildman–Crippen MR) is 78.0 cm³/mol. The number of hydrogen-bond donors (Lipinski definition) is 2. The van der Waals surface area contributed by atoms with Gasteiger partial charge in [0.1, 0.15) is 0 Å². The van der Waals surface area contributed by atoms with Crippen molar-refractivity contribution in [3.8, 4) is 0 Å². The number of aliphatic hydroxyl groups is 2. The summed E-state index contributed by atoms with van der Waals surface area (Å²) in [6.07, 6.45) is 2.14. The van der Waals surface area contributed by atoms with Crippen LogP contribution < -0.4 is 0 Å². The van der Waals surface area contributed by atoms with Crippen LogP contribution in [0, 0.1) is 0 Å². The Morgan fingerprint density at radius 3 is 1.10 bits per heavy atom. The minimum atomic E-state index is 0.0278. The molecule has 6 heteroatoms. The average molecular weight is 296 g/mol. The van der Waals surface area contributed by atoms with Crippen LogP contribution in [0.4, 0.5) is 0 Å². The maximum atomic E-state index is 8.09. The monoisotopic (exact) mass is 296 g/mol. The van der Waals surface area contributed by atoms with E-state index in [1.165, 1.54) is 0 Å². The predicted octanol–water partition coefficient (Wildman–Crippen LogP) is 0.844. The first-order chi connectivity index (χ1) is 9.83. The Balaban J connectivity index is 0. The van der Waals surface area contributed by atoms with Crippen LogP contribution in [-0.4, -0.2) is 76.3 Å². The van der Waals surface area contributed by atoms with Crippen LogP contribution >= 0.6 is 0 Å². The van der Waals surface area contributed by atoms with Crippen molar-refractivity contribution in [2.75, 3.05) is 66.1 Å². The maximum Gasteiger partial charge on any atom is 0.0701 e. The lowest BCUT2D eigenvalue weighted by atomic mass is 10.5. The normalized spacial score (nSPS) is 10.2. The maximum absolute atomic E-state index is 8.09. The van der Waals surface area contributed by atoms with Crippen molar-refractivity contribution in [1.29, 1.82) is 0 Å². The molecule has 0 aliphatic rings. The lowest BCUT2D eigenvalue weighted by molar-refractivity contribution is 0.0148. The van der Waals surface area contributed by atoms with Crippen molar-refractivity contribution in [3.05, 3.63) is 0 Å². The van der Waals surface area contributed by atoms with Crippen molar-refractivity contribution in [2.24, 2.45) is 0 Å². The van der Waals surface area contributed by atoms with E-state index in [1.807, 2.05) is 0 Å². The van der Waals surface area contributed by atoms with Crippen molar-refractivity contribution < 1.29 is 29.2 Å². The van der Waals surface area contributed by atoms with E-state index in [0.29, 0.717) is 39.6 Å². The van der Waals surface area contributed by atoms with E-state index in [-0.39, 0.29) is 13.2 Å². The zero-order chi connectivity index (χ0) is 15.3. The first-order valence-electron chi connectivity index (χ1n) is 7.36. The van der Waals surface area contributed by atoms with Crippen molar-refractivity contribution in [1.82, 2.24) is 0 Å². The Kier molecular flexibility index (Phi) is 26.3. The fourth-order valence-electron chi connectivity index (χ4n) is 1.06. The van der Waals surface area contributed by atoms with Crippen LogP contribution in [-0.2, 0) is 18.9 Å². The number of aliphatic hydroxyl groups excluding tert-OH is 2. The zero-order valence-electron chi connectivity index (χ0n) is 13.0. The molecule has 0 saturated carbocycles. The Morgan fingerprint density at radius 2 is 0.800 bits per heavy atom. The molecule has 0 heterocycles. The summed E-state index contributed by atoms with van der Waals surface area (Å²) in [7, 11) is 0. The van der Waals surface area contributed by atoms with E-state index in [1.54, 1.807) is 0 Å². The summed E-state index contributed by atoms with van der Waals surface area (Å²) in [5.74, 6) is 0. The minimum absolute atomic E-state index is 0.0278. The molecule has 6 nitrogen and oxygen atoms in total. The third kappa shape index (κ3) is 26.3. The quantitative estimate of drug-likeness (QED) is 0.463. The van der Waals surface area contributed by atoms with E-state index in [2.05, 4.69) is 18.6 Å². The first kappa shape index (κ1) is 22.0. The van der Waals surface area contributed by atoms with Crippen molar-refractivity contribution >= 4 is 0 Å². The Bertz CT molecular complexity index is 132. The summed E-state index contributed by atoms with van der Waals surface area (Å²) in [6, 6.07) is 0. The average Bonchev–Trinajstić information content (AvgIpc) is 2.47. The van der Waals surface area contributed by atoms with Crippen molar-refractivity contribution in [2.45, 2.75) is 26.7 Å². The molecule has 0 unspecified atom stereocenters. The van der Waals surface area contributed by atoms with E-state index >= 15 is 0 Å². The van der Waals surface area contributed by atoms with Gasteiger partial charge in [-0.3, -0.25) is 0 Å². The van der Waals surface area contributed by atoms with Crippen LogP contribution in [0.3, 0.4) is 0 Å². The molecule has 0 spiro atoms. The summed E-state index contributed by atoms with van der Waals surface area (Å²) in [6.45, 7) is 9.29. The van der Waals surface area contributed by atoms with Gasteiger partial charge < -0.3 is 29.2 Å². The van der Waals surface area contributed by atoms with Gasteiger partial charge in [-0.1, -0.05) is 13.8 Å². The van der Waals surface area contributed by atoms with Crippen LogP contribution in [0.2, 0.25) is 0 Å². The smallest absolute Gasteiger partial charge is 0.0701 e. The fraction of sp³-hybridized carbons (Fsp3) is 1.00. The van der Waals surface area contributed by atoms with Gasteiger partial charge >= 0.3 is 0 Å². The molecule has 0 atom stereocenters. The molecular weight excluding hydrogens is 264 g/mol. The van der Waals surface area contributed by atoms with Gasteiger partial charge in [0.05, 0.1) is 52.9 Å². The van der Waals surface area contributed by atoms with Gasteiger partial charge in [0, 0.05) is 13.2 Å². The van der Waals surface area contributed by atoms with Crippen molar-refractivity contribution in [3.63, 3.8) is 0 Å². The molecule has 0 fully saturated rings. The van der Waals surface area contributed by atoms with Crippen LogP contribution in [0.1, 0.15) is 26.7 Å². The third-order valence-corrected chi connectivity index (χ3v) is 1.91. The van der Waals surface area contributed by atoms with Crippen LogP contribution in [0.5, 0.6) is 0 Å². The first-order valence-corrected chi connectivity index (χ1v) is 7.36. The van der Waals surface area contributed by atoms with Gasteiger partial charge in [-0.25, -0.2) is 0 Å². The number of ether oxygens (including phenoxy) is 4. The van der Waals surface area contributed by atoms with Crippen LogP contribution in [0.15, 0.2) is 0 Å². The SMILES string of the molecule is CCCOCCOCCOCCC.OCCOCCO. The Labute approximate surface area is 123 Å². The van der Waals surface area contributed by atoms with E-state index in [0.717, 1.165) is 26.1 Å². The molecule has 0 aliphatic carbocycles. The molecule has 0 aromatic heterocycles. The summed E-state index contributed by atoms with van der Waals surface area (Å²) in [5.41, 5.74) is 0. The lowest BCUT2D eigenvalue weighted by Gasteiger charge is -2.05. The zero-order valence-corrected chi connectivity index (χ0v) is 13.0. The van der Waals surface area contributed by atoms with Gasteiger partial charge in [-0.05, 0) is 12.8 Å². The van der Waals surface area contributed by atoms with Gasteiger partial charge in [0.2, 0.25) is 0 Å². The third-order valence-electron chi connectivity index (χ3n) is 1.91. The molecule has 0 radical (unpaired) electrons. The molecule has 0 aromatic rings. The van der Waals surface area contributed by atoms with Gasteiger partial charge in [-0.15, -0.1) is 0 Å². The second-order valence-electron chi connectivity index (χ2n) is 3.90. The minimum Gasteiger partial charge on any atom is -0.394 e. The standard InChI is InChI=1S/C10H22O3.C4H10O3/c1-3-5-11-7-9-13-10-8-12-6-4-2;5-1-3-7-4-2-6/h3-10H2,1-2H3;5-6H,1-4H2. The van der Waals surface area contributed by atoms with Crippen LogP contribution in [0.25, 0.3) is 0 Å². The lowest BCUT2D eigenvalue weighted by Crippen LogP contribution is -2.09. The molecule has 0 saturated heterocycles. The summed E-state index contributed by atoms with van der Waals surface area (Å²) in [4.78, 5) is 0. The van der Waals surface area contributed by atoms with Gasteiger partial charge in [0.25, 0.3) is 0 Å². The number of hydrogen-bond acceptors (Lipinski definition) is 6. The van der Waals surface area contributed by atoms with E-state index < -0.39 is 0 Å².